The zero-order valence-electron chi connectivity index (χ0n) is 23.0. The van der Waals surface area contributed by atoms with Crippen molar-refractivity contribution in [1.29, 1.82) is 0 Å². The van der Waals surface area contributed by atoms with Gasteiger partial charge in [-0.15, -0.1) is 0 Å². The molecule has 0 radical (unpaired) electrons. The highest BCUT2D eigenvalue weighted by Gasteiger charge is 2.31. The zero-order valence-corrected chi connectivity index (χ0v) is 23.8. The van der Waals surface area contributed by atoms with E-state index < -0.39 is 23.3 Å². The SMILES string of the molecule is C/C=C\C(=C/C)[C@](C)(O)C#Cc1ccc2cc(C)c([C@H](OC(C)(C)C)C(=O)O)c(-c3ccc(Cl)cc3)c2c1. The summed E-state index contributed by atoms with van der Waals surface area (Å²) in [6.45, 7) is 12.8. The molecule has 198 valence electrons. The highest BCUT2D eigenvalue weighted by atomic mass is 35.5. The van der Waals surface area contributed by atoms with Crippen LogP contribution in [-0.2, 0) is 9.53 Å². The Morgan fingerprint density at radius 1 is 1.05 bits per heavy atom. The Morgan fingerprint density at radius 2 is 1.71 bits per heavy atom. The van der Waals surface area contributed by atoms with Crippen molar-refractivity contribution in [3.8, 4) is 23.0 Å². The fourth-order valence-corrected chi connectivity index (χ4v) is 4.59. The summed E-state index contributed by atoms with van der Waals surface area (Å²) in [5.41, 5.74) is 2.36. The number of rotatable bonds is 6. The quantitative estimate of drug-likeness (QED) is 0.250. The van der Waals surface area contributed by atoms with E-state index in [1.54, 1.807) is 19.1 Å². The summed E-state index contributed by atoms with van der Waals surface area (Å²) in [5, 5.41) is 23.6. The van der Waals surface area contributed by atoms with E-state index in [1.165, 1.54) is 0 Å². The second-order valence-corrected chi connectivity index (χ2v) is 10.9. The number of fused-ring (bicyclic) bond motifs is 1. The molecule has 5 heteroatoms. The first-order valence-electron chi connectivity index (χ1n) is 12.6. The Morgan fingerprint density at radius 3 is 2.26 bits per heavy atom. The largest absolute Gasteiger partial charge is 0.479 e. The van der Waals surface area contributed by atoms with Gasteiger partial charge in [0.2, 0.25) is 0 Å². The molecule has 2 atom stereocenters. The van der Waals surface area contributed by atoms with Gasteiger partial charge in [-0.25, -0.2) is 4.79 Å². The fourth-order valence-electron chi connectivity index (χ4n) is 4.47. The van der Waals surface area contributed by atoms with Crippen LogP contribution >= 0.6 is 11.6 Å². The molecule has 0 unspecified atom stereocenters. The molecule has 0 aliphatic rings. The molecule has 0 heterocycles. The average Bonchev–Trinajstić information content (AvgIpc) is 2.84. The lowest BCUT2D eigenvalue weighted by atomic mass is 9.86. The maximum absolute atomic E-state index is 12.5. The van der Waals surface area contributed by atoms with E-state index in [2.05, 4.69) is 11.8 Å². The van der Waals surface area contributed by atoms with Crippen molar-refractivity contribution in [3.05, 3.63) is 94.0 Å². The number of halogens is 1. The smallest absolute Gasteiger partial charge is 0.337 e. The third-order valence-electron chi connectivity index (χ3n) is 6.15. The molecule has 4 nitrogen and oxygen atoms in total. The van der Waals surface area contributed by atoms with Gasteiger partial charge < -0.3 is 14.9 Å². The number of hydrogen-bond donors (Lipinski definition) is 2. The molecular formula is C33H35ClO4. The van der Waals surface area contributed by atoms with Crippen LogP contribution in [-0.4, -0.2) is 27.4 Å². The number of benzene rings is 3. The third-order valence-corrected chi connectivity index (χ3v) is 6.40. The molecular weight excluding hydrogens is 496 g/mol. The van der Waals surface area contributed by atoms with Crippen LogP contribution < -0.4 is 0 Å². The van der Waals surface area contributed by atoms with Crippen molar-refractivity contribution in [3.63, 3.8) is 0 Å². The third kappa shape index (κ3) is 6.74. The molecule has 0 saturated heterocycles. The molecule has 0 spiro atoms. The van der Waals surface area contributed by atoms with E-state index >= 15 is 0 Å². The number of carboxylic acids is 1. The van der Waals surface area contributed by atoms with Crippen LogP contribution in [0.2, 0.25) is 5.02 Å². The molecule has 0 amide bonds. The Balaban J connectivity index is 2.34. The van der Waals surface area contributed by atoms with Crippen LogP contribution in [0.3, 0.4) is 0 Å². The Bertz CT molecular complexity index is 1460. The number of aliphatic carboxylic acids is 1. The first kappa shape index (κ1) is 29.2. The van der Waals surface area contributed by atoms with Gasteiger partial charge in [-0.05, 0) is 106 Å². The number of aryl methyl sites for hydroxylation is 1. The average molecular weight is 531 g/mol. The number of ether oxygens (including phenoxy) is 1. The van der Waals surface area contributed by atoms with Crippen molar-refractivity contribution in [1.82, 2.24) is 0 Å². The molecule has 0 aromatic heterocycles. The maximum atomic E-state index is 12.5. The van der Waals surface area contributed by atoms with Gasteiger partial charge in [0.25, 0.3) is 0 Å². The monoisotopic (exact) mass is 530 g/mol. The van der Waals surface area contributed by atoms with E-state index in [-0.39, 0.29) is 0 Å². The van der Waals surface area contributed by atoms with Gasteiger partial charge in [0.05, 0.1) is 5.60 Å². The number of carbonyl (C=O) groups is 1. The Labute approximate surface area is 230 Å². The fraction of sp³-hybridized carbons (Fsp3) is 0.303. The molecule has 3 aromatic carbocycles. The van der Waals surface area contributed by atoms with Gasteiger partial charge in [-0.1, -0.05) is 65.9 Å². The number of aliphatic hydroxyl groups is 1. The molecule has 0 bridgehead atoms. The van der Waals surface area contributed by atoms with Crippen LogP contribution in [0.15, 0.2) is 72.3 Å². The first-order valence-corrected chi connectivity index (χ1v) is 12.9. The lowest BCUT2D eigenvalue weighted by Crippen LogP contribution is -2.28. The van der Waals surface area contributed by atoms with Crippen LogP contribution in [0.5, 0.6) is 0 Å². The van der Waals surface area contributed by atoms with E-state index in [0.717, 1.165) is 27.5 Å². The van der Waals surface area contributed by atoms with Crippen molar-refractivity contribution in [2.24, 2.45) is 0 Å². The first-order chi connectivity index (χ1) is 17.8. The summed E-state index contributed by atoms with van der Waals surface area (Å²) in [6.07, 6.45) is 4.36. The molecule has 2 N–H and O–H groups in total. The Kier molecular flexibility index (Phi) is 8.90. The van der Waals surface area contributed by atoms with E-state index in [1.807, 2.05) is 96.2 Å². The number of carboxylic acid groups (broad SMARTS) is 1. The summed E-state index contributed by atoms with van der Waals surface area (Å²) < 4.78 is 6.09. The topological polar surface area (TPSA) is 66.8 Å². The molecule has 38 heavy (non-hydrogen) atoms. The second kappa shape index (κ2) is 11.6. The predicted octanol–water partition coefficient (Wildman–Crippen LogP) is 8.03. The summed E-state index contributed by atoms with van der Waals surface area (Å²) in [7, 11) is 0. The van der Waals surface area contributed by atoms with E-state index in [4.69, 9.17) is 16.3 Å². The minimum atomic E-state index is -1.33. The normalized spacial score (nSPS) is 14.7. The van der Waals surface area contributed by atoms with Gasteiger partial charge in [-0.2, -0.15) is 0 Å². The summed E-state index contributed by atoms with van der Waals surface area (Å²) >= 11 is 6.19. The van der Waals surface area contributed by atoms with Crippen molar-refractivity contribution in [2.45, 2.75) is 65.8 Å². The van der Waals surface area contributed by atoms with Crippen LogP contribution in [0.4, 0.5) is 0 Å². The molecule has 0 aliphatic heterocycles. The standard InChI is InChI=1S/C33H35ClO4/c1-8-10-25(9-2)33(7,37)18-17-22-11-12-24-19-21(3)28(30(31(35)36)38-32(4,5)6)29(27(24)20-22)23-13-15-26(34)16-14-23/h8-16,19-20,30,37H,1-7H3,(H,35,36)/b10-8-,25-9+/t30-,33+/m0/s1. The van der Waals surface area contributed by atoms with Crippen molar-refractivity contribution < 1.29 is 19.7 Å². The number of allylic oxidation sites excluding steroid dienone is 2. The second-order valence-electron chi connectivity index (χ2n) is 10.4. The van der Waals surface area contributed by atoms with Gasteiger partial charge in [0.15, 0.2) is 6.10 Å². The maximum Gasteiger partial charge on any atom is 0.337 e. The lowest BCUT2D eigenvalue weighted by molar-refractivity contribution is -0.160. The lowest BCUT2D eigenvalue weighted by Gasteiger charge is -2.28. The van der Waals surface area contributed by atoms with Crippen LogP contribution in [0.25, 0.3) is 21.9 Å². The minimum absolute atomic E-state index is 0.586. The molecule has 3 rings (SSSR count). The van der Waals surface area contributed by atoms with E-state index in [0.29, 0.717) is 21.7 Å². The Hall–Kier alpha value is -3.36. The van der Waals surface area contributed by atoms with E-state index in [9.17, 15) is 15.0 Å². The van der Waals surface area contributed by atoms with Gasteiger partial charge in [-0.3, -0.25) is 0 Å². The highest BCUT2D eigenvalue weighted by Crippen LogP contribution is 2.41. The summed E-state index contributed by atoms with van der Waals surface area (Å²) in [4.78, 5) is 12.5. The van der Waals surface area contributed by atoms with Crippen molar-refractivity contribution >= 4 is 28.3 Å². The van der Waals surface area contributed by atoms with Crippen molar-refractivity contribution in [2.75, 3.05) is 0 Å². The van der Waals surface area contributed by atoms with Gasteiger partial charge >= 0.3 is 5.97 Å². The summed E-state index contributed by atoms with van der Waals surface area (Å²) in [6, 6.07) is 15.1. The highest BCUT2D eigenvalue weighted by molar-refractivity contribution is 6.30. The van der Waals surface area contributed by atoms with Crippen LogP contribution in [0, 0.1) is 18.8 Å². The molecule has 3 aromatic rings. The molecule has 0 fully saturated rings. The minimum Gasteiger partial charge on any atom is -0.479 e. The predicted molar refractivity (Wildman–Crippen MR) is 156 cm³/mol. The number of hydrogen-bond acceptors (Lipinski definition) is 3. The summed E-state index contributed by atoms with van der Waals surface area (Å²) in [5.74, 6) is 5.05. The molecule has 0 aliphatic carbocycles. The zero-order chi connectivity index (χ0) is 28.3. The van der Waals surface area contributed by atoms with Crippen LogP contribution in [0.1, 0.15) is 64.3 Å². The van der Waals surface area contributed by atoms with Gasteiger partial charge in [0.1, 0.15) is 5.60 Å². The molecule has 0 saturated carbocycles. The van der Waals surface area contributed by atoms with Gasteiger partial charge in [0, 0.05) is 16.1 Å².